The summed E-state index contributed by atoms with van der Waals surface area (Å²) < 4.78 is 11.5. The molecular weight excluding hydrogens is 490 g/mol. The highest BCUT2D eigenvalue weighted by molar-refractivity contribution is 7.18. The Bertz CT molecular complexity index is 1390. The lowest BCUT2D eigenvalue weighted by Gasteiger charge is -2.24. The number of halogens is 1. The number of nitrogens with one attached hydrogen (secondary N) is 1. The number of fused-ring (bicyclic) bond motifs is 1. The number of hydrogen-bond acceptors (Lipinski definition) is 7. The molecule has 2 heterocycles. The third-order valence-corrected chi connectivity index (χ3v) is 6.60. The first-order chi connectivity index (χ1) is 17.0. The smallest absolute Gasteiger partial charge is 0.311 e. The number of carbonyl (C=O) groups is 2. The molecule has 0 radical (unpaired) electrons. The molecule has 1 aliphatic rings. The van der Waals surface area contributed by atoms with Gasteiger partial charge in [-0.2, -0.15) is 0 Å². The highest BCUT2D eigenvalue weighted by atomic mass is 35.5. The Morgan fingerprint density at radius 3 is 2.60 bits per heavy atom. The third kappa shape index (κ3) is 4.96. The zero-order valence-corrected chi connectivity index (χ0v) is 19.7. The normalized spacial score (nSPS) is 14.5. The fourth-order valence-electron chi connectivity index (χ4n) is 3.67. The Morgan fingerprint density at radius 2 is 1.86 bits per heavy atom. The van der Waals surface area contributed by atoms with Gasteiger partial charge in [0.15, 0.2) is 0 Å². The van der Waals surface area contributed by atoms with Crippen molar-refractivity contribution in [3.8, 4) is 27.8 Å². The Balaban J connectivity index is 1.27. The van der Waals surface area contributed by atoms with Gasteiger partial charge in [-0.25, -0.2) is 0 Å². The molecule has 3 aromatic carbocycles. The molecule has 1 aromatic heterocycles. The maximum Gasteiger partial charge on any atom is 0.311 e. The van der Waals surface area contributed by atoms with Gasteiger partial charge in [0.1, 0.15) is 22.3 Å². The molecule has 2 N–H and O–H groups in total. The maximum absolute atomic E-state index is 12.6. The largest absolute Gasteiger partial charge is 0.493 e. The van der Waals surface area contributed by atoms with E-state index in [1.54, 1.807) is 36.4 Å². The van der Waals surface area contributed by atoms with Crippen molar-refractivity contribution in [3.63, 3.8) is 0 Å². The summed E-state index contributed by atoms with van der Waals surface area (Å²) in [5.41, 5.74) is 1.87. The molecule has 0 saturated heterocycles. The van der Waals surface area contributed by atoms with E-state index < -0.39 is 11.9 Å². The molecule has 0 bridgehead atoms. The number of aromatic nitrogens is 2. The van der Waals surface area contributed by atoms with Crippen molar-refractivity contribution in [1.29, 1.82) is 0 Å². The van der Waals surface area contributed by atoms with Crippen LogP contribution in [0.25, 0.3) is 10.6 Å². The second-order valence-electron chi connectivity index (χ2n) is 7.71. The number of nitrogens with zero attached hydrogens (tertiary/aromatic N) is 2. The van der Waals surface area contributed by atoms with E-state index in [0.29, 0.717) is 51.5 Å². The molecule has 5 rings (SSSR count). The van der Waals surface area contributed by atoms with Crippen LogP contribution in [-0.4, -0.2) is 33.8 Å². The Morgan fingerprint density at radius 1 is 1.09 bits per heavy atom. The number of carboxylic acid groups (broad SMARTS) is 1. The number of carboxylic acids is 1. The van der Waals surface area contributed by atoms with Crippen molar-refractivity contribution in [2.24, 2.45) is 0 Å². The van der Waals surface area contributed by atoms with E-state index in [2.05, 4.69) is 15.5 Å². The van der Waals surface area contributed by atoms with Crippen molar-refractivity contribution in [3.05, 3.63) is 82.9 Å². The molecule has 0 saturated carbocycles. The van der Waals surface area contributed by atoms with Gasteiger partial charge in [-0.3, -0.25) is 14.9 Å². The van der Waals surface area contributed by atoms with Gasteiger partial charge in [0.2, 0.25) is 5.13 Å². The number of carbonyl (C=O) groups excluding carboxylic acids is 1. The number of anilines is 1. The Labute approximate surface area is 209 Å². The van der Waals surface area contributed by atoms with Crippen LogP contribution in [-0.2, 0) is 4.79 Å². The van der Waals surface area contributed by atoms with Crippen LogP contribution in [0, 0.1) is 0 Å². The van der Waals surface area contributed by atoms with Gasteiger partial charge in [-0.1, -0.05) is 53.3 Å². The monoisotopic (exact) mass is 507 g/mol. The van der Waals surface area contributed by atoms with E-state index >= 15 is 0 Å². The lowest BCUT2D eigenvalue weighted by atomic mass is 9.93. The molecule has 0 fully saturated rings. The summed E-state index contributed by atoms with van der Waals surface area (Å²) >= 11 is 7.64. The highest BCUT2D eigenvalue weighted by Gasteiger charge is 2.29. The van der Waals surface area contributed by atoms with Crippen molar-refractivity contribution >= 4 is 39.9 Å². The van der Waals surface area contributed by atoms with Crippen LogP contribution >= 0.6 is 22.9 Å². The highest BCUT2D eigenvalue weighted by Crippen LogP contribution is 2.41. The average Bonchev–Trinajstić information content (AvgIpc) is 3.33. The molecule has 1 atom stereocenters. The van der Waals surface area contributed by atoms with Gasteiger partial charge in [0.25, 0.3) is 5.91 Å². The first-order valence-electron chi connectivity index (χ1n) is 10.6. The summed E-state index contributed by atoms with van der Waals surface area (Å²) in [6.45, 7) is 0.302. The molecule has 8 nitrogen and oxygen atoms in total. The second kappa shape index (κ2) is 9.73. The summed E-state index contributed by atoms with van der Waals surface area (Å²) in [5, 5.41) is 21.7. The summed E-state index contributed by atoms with van der Waals surface area (Å²) in [4.78, 5) is 24.1. The van der Waals surface area contributed by atoms with E-state index in [4.69, 9.17) is 21.1 Å². The molecule has 4 aromatic rings. The molecule has 1 unspecified atom stereocenters. The lowest BCUT2D eigenvalue weighted by molar-refractivity contribution is -0.139. The molecule has 35 heavy (non-hydrogen) atoms. The second-order valence-corrected chi connectivity index (χ2v) is 9.09. The predicted molar refractivity (Wildman–Crippen MR) is 132 cm³/mol. The summed E-state index contributed by atoms with van der Waals surface area (Å²) in [5.74, 6) is -0.691. The first kappa shape index (κ1) is 22.8. The van der Waals surface area contributed by atoms with E-state index in [9.17, 15) is 14.7 Å². The fraction of sp³-hybridized carbons (Fsp3) is 0.120. The fourth-order valence-corrected chi connectivity index (χ4v) is 4.62. The molecule has 176 valence electrons. The zero-order valence-electron chi connectivity index (χ0n) is 18.1. The lowest BCUT2D eigenvalue weighted by Crippen LogP contribution is -2.20. The SMILES string of the molecule is O=C(Nc1nnc(-c2ccccc2)s1)c1ccc(Oc2cc3c(cc2Cl)C(C(=O)O)CCO3)cc1. The van der Waals surface area contributed by atoms with E-state index in [-0.39, 0.29) is 10.9 Å². The van der Waals surface area contributed by atoms with E-state index in [0.717, 1.165) is 5.56 Å². The van der Waals surface area contributed by atoms with Gasteiger partial charge >= 0.3 is 5.97 Å². The van der Waals surface area contributed by atoms with Crippen LogP contribution in [0.1, 0.15) is 28.3 Å². The molecule has 1 amide bonds. The van der Waals surface area contributed by atoms with Gasteiger partial charge in [0, 0.05) is 22.8 Å². The summed E-state index contributed by atoms with van der Waals surface area (Å²) in [7, 11) is 0. The summed E-state index contributed by atoms with van der Waals surface area (Å²) in [6, 6.07) is 19.3. The molecule has 10 heteroatoms. The van der Waals surface area contributed by atoms with Crippen LogP contribution in [0.2, 0.25) is 5.02 Å². The van der Waals surface area contributed by atoms with Gasteiger partial charge in [-0.05, 0) is 36.8 Å². The van der Waals surface area contributed by atoms with E-state index in [1.807, 2.05) is 30.3 Å². The third-order valence-electron chi connectivity index (χ3n) is 5.41. The summed E-state index contributed by atoms with van der Waals surface area (Å²) in [6.07, 6.45) is 0.382. The van der Waals surface area contributed by atoms with E-state index in [1.165, 1.54) is 11.3 Å². The number of hydrogen-bond donors (Lipinski definition) is 2. The van der Waals surface area contributed by atoms with Crippen molar-refractivity contribution in [2.45, 2.75) is 12.3 Å². The minimum Gasteiger partial charge on any atom is -0.493 e. The molecule has 0 aliphatic carbocycles. The van der Waals surface area contributed by atoms with Crippen molar-refractivity contribution < 1.29 is 24.2 Å². The molecule has 0 spiro atoms. The van der Waals surface area contributed by atoms with Crippen LogP contribution in [0.3, 0.4) is 0 Å². The number of ether oxygens (including phenoxy) is 2. The van der Waals surface area contributed by atoms with Crippen LogP contribution in [0.5, 0.6) is 17.2 Å². The van der Waals surface area contributed by atoms with Gasteiger partial charge in [0.05, 0.1) is 17.5 Å². The quantitative estimate of drug-likeness (QED) is 0.336. The Kier molecular flexibility index (Phi) is 6.35. The standard InChI is InChI=1S/C25H18ClN3O5S/c26-19-12-18-17(24(31)32)10-11-33-20(18)13-21(19)34-16-8-6-14(7-9-16)22(30)27-25-29-28-23(35-25)15-4-2-1-3-5-15/h1-9,12-13,17H,10-11H2,(H,31,32)(H,27,29,30). The average molecular weight is 508 g/mol. The minimum atomic E-state index is -0.919. The first-order valence-corrected chi connectivity index (χ1v) is 11.8. The van der Waals surface area contributed by atoms with Gasteiger partial charge in [-0.15, -0.1) is 10.2 Å². The Hall–Kier alpha value is -3.95. The maximum atomic E-state index is 12.6. The van der Waals surface area contributed by atoms with Crippen LogP contribution in [0.4, 0.5) is 5.13 Å². The van der Waals surface area contributed by atoms with Crippen molar-refractivity contribution in [1.82, 2.24) is 10.2 Å². The van der Waals surface area contributed by atoms with Gasteiger partial charge < -0.3 is 14.6 Å². The van der Waals surface area contributed by atoms with Crippen LogP contribution < -0.4 is 14.8 Å². The predicted octanol–water partition coefficient (Wildman–Crippen LogP) is 5.85. The molecular formula is C25H18ClN3O5S. The number of benzene rings is 3. The number of aliphatic carboxylic acids is 1. The number of rotatable bonds is 6. The number of amides is 1. The van der Waals surface area contributed by atoms with Crippen molar-refractivity contribution in [2.75, 3.05) is 11.9 Å². The minimum absolute atomic E-state index is 0.271. The van der Waals surface area contributed by atoms with Crippen LogP contribution in [0.15, 0.2) is 66.7 Å². The molecule has 1 aliphatic heterocycles. The topological polar surface area (TPSA) is 111 Å². The zero-order chi connectivity index (χ0) is 24.4.